The van der Waals surface area contributed by atoms with Crippen LogP contribution in [0, 0.1) is 0 Å². The Balaban J connectivity index is 1.99. The third-order valence-corrected chi connectivity index (χ3v) is 3.47. The number of aromatic nitrogens is 2. The van der Waals surface area contributed by atoms with E-state index in [0.29, 0.717) is 11.7 Å². The summed E-state index contributed by atoms with van der Waals surface area (Å²) in [7, 11) is 1.75. The Kier molecular flexibility index (Phi) is 5.40. The molecule has 0 radical (unpaired) electrons. The maximum absolute atomic E-state index is 5.94. The number of hydrogen-bond acceptors (Lipinski definition) is 6. The van der Waals surface area contributed by atoms with Gasteiger partial charge in [0.1, 0.15) is 11.9 Å². The molecule has 6 nitrogen and oxygen atoms in total. The van der Waals surface area contributed by atoms with Crippen molar-refractivity contribution in [3.05, 3.63) is 6.07 Å². The average Bonchev–Trinajstić information content (AvgIpc) is 2.44. The SMILES string of the molecule is CCCNc1cc(OC2CCCC(OC)C2)nc(N)n1. The van der Waals surface area contributed by atoms with Gasteiger partial charge in [-0.15, -0.1) is 0 Å². The van der Waals surface area contributed by atoms with Crippen LogP contribution in [-0.4, -0.2) is 35.8 Å². The third-order valence-electron chi connectivity index (χ3n) is 3.47. The van der Waals surface area contributed by atoms with Crippen molar-refractivity contribution in [3.63, 3.8) is 0 Å². The predicted octanol–water partition coefficient (Wildman–Crippen LogP) is 2.22. The Morgan fingerprint density at radius 1 is 1.35 bits per heavy atom. The Labute approximate surface area is 120 Å². The van der Waals surface area contributed by atoms with Crippen LogP contribution >= 0.6 is 0 Å². The molecule has 112 valence electrons. The number of rotatable bonds is 6. The van der Waals surface area contributed by atoms with Crippen LogP contribution in [0.25, 0.3) is 0 Å². The molecule has 1 aromatic heterocycles. The van der Waals surface area contributed by atoms with Gasteiger partial charge in [0.25, 0.3) is 0 Å². The topological polar surface area (TPSA) is 82.3 Å². The summed E-state index contributed by atoms with van der Waals surface area (Å²) in [5, 5.41) is 3.20. The van der Waals surface area contributed by atoms with E-state index in [4.69, 9.17) is 15.2 Å². The molecule has 1 aromatic rings. The fraction of sp³-hybridized carbons (Fsp3) is 0.714. The molecule has 0 saturated heterocycles. The lowest BCUT2D eigenvalue weighted by molar-refractivity contribution is 0.0195. The molecule has 0 spiro atoms. The first-order chi connectivity index (χ1) is 9.71. The fourth-order valence-corrected chi connectivity index (χ4v) is 2.44. The number of nitrogens with one attached hydrogen (secondary N) is 1. The summed E-state index contributed by atoms with van der Waals surface area (Å²) < 4.78 is 11.3. The van der Waals surface area contributed by atoms with Gasteiger partial charge in [-0.2, -0.15) is 9.97 Å². The van der Waals surface area contributed by atoms with Gasteiger partial charge in [0, 0.05) is 26.1 Å². The zero-order chi connectivity index (χ0) is 14.4. The fourth-order valence-electron chi connectivity index (χ4n) is 2.44. The minimum atomic E-state index is 0.141. The molecule has 0 aromatic carbocycles. The van der Waals surface area contributed by atoms with E-state index in [2.05, 4.69) is 22.2 Å². The molecule has 2 atom stereocenters. The largest absolute Gasteiger partial charge is 0.474 e. The van der Waals surface area contributed by atoms with Crippen molar-refractivity contribution >= 4 is 11.8 Å². The van der Waals surface area contributed by atoms with Gasteiger partial charge in [-0.25, -0.2) is 0 Å². The van der Waals surface area contributed by atoms with Crippen LogP contribution < -0.4 is 15.8 Å². The van der Waals surface area contributed by atoms with Crippen LogP contribution in [0.3, 0.4) is 0 Å². The lowest BCUT2D eigenvalue weighted by Crippen LogP contribution is -2.29. The molecule has 1 heterocycles. The Morgan fingerprint density at radius 2 is 2.15 bits per heavy atom. The minimum absolute atomic E-state index is 0.141. The monoisotopic (exact) mass is 280 g/mol. The zero-order valence-corrected chi connectivity index (χ0v) is 12.3. The lowest BCUT2D eigenvalue weighted by Gasteiger charge is -2.28. The molecule has 20 heavy (non-hydrogen) atoms. The molecule has 1 aliphatic carbocycles. The summed E-state index contributed by atoms with van der Waals surface area (Å²) in [6.07, 6.45) is 5.60. The van der Waals surface area contributed by atoms with E-state index in [0.717, 1.165) is 38.6 Å². The number of hydrogen-bond donors (Lipinski definition) is 2. The van der Waals surface area contributed by atoms with E-state index in [1.807, 2.05) is 6.07 Å². The van der Waals surface area contributed by atoms with Gasteiger partial charge in [-0.1, -0.05) is 6.92 Å². The molecule has 0 bridgehead atoms. The van der Waals surface area contributed by atoms with E-state index in [9.17, 15) is 0 Å². The highest BCUT2D eigenvalue weighted by atomic mass is 16.5. The Bertz CT molecular complexity index is 428. The predicted molar refractivity (Wildman–Crippen MR) is 78.9 cm³/mol. The molecule has 1 aliphatic rings. The second-order valence-electron chi connectivity index (χ2n) is 5.14. The molecule has 2 unspecified atom stereocenters. The van der Waals surface area contributed by atoms with Crippen molar-refractivity contribution in [2.75, 3.05) is 24.7 Å². The quantitative estimate of drug-likeness (QED) is 0.831. The summed E-state index contributed by atoms with van der Waals surface area (Å²) in [6, 6.07) is 1.81. The summed E-state index contributed by atoms with van der Waals surface area (Å²) in [5.74, 6) is 1.49. The Morgan fingerprint density at radius 3 is 2.90 bits per heavy atom. The van der Waals surface area contributed by atoms with Crippen molar-refractivity contribution < 1.29 is 9.47 Å². The maximum Gasteiger partial charge on any atom is 0.225 e. The highest BCUT2D eigenvalue weighted by molar-refractivity contribution is 5.42. The number of anilines is 2. The molecule has 0 amide bonds. The van der Waals surface area contributed by atoms with E-state index < -0.39 is 0 Å². The van der Waals surface area contributed by atoms with Crippen LogP contribution in [0.15, 0.2) is 6.07 Å². The van der Waals surface area contributed by atoms with Crippen LogP contribution in [-0.2, 0) is 4.74 Å². The van der Waals surface area contributed by atoms with E-state index >= 15 is 0 Å². The minimum Gasteiger partial charge on any atom is -0.474 e. The molecule has 1 fully saturated rings. The zero-order valence-electron chi connectivity index (χ0n) is 12.3. The van der Waals surface area contributed by atoms with E-state index in [1.54, 1.807) is 7.11 Å². The normalized spacial score (nSPS) is 22.5. The molecule has 1 saturated carbocycles. The third kappa shape index (κ3) is 4.23. The van der Waals surface area contributed by atoms with Gasteiger partial charge >= 0.3 is 0 Å². The number of methoxy groups -OCH3 is 1. The summed E-state index contributed by atoms with van der Waals surface area (Å²) in [5.41, 5.74) is 5.72. The molecule has 3 N–H and O–H groups in total. The Hall–Kier alpha value is -1.56. The van der Waals surface area contributed by atoms with Crippen LogP contribution in [0.1, 0.15) is 39.0 Å². The summed E-state index contributed by atoms with van der Waals surface area (Å²) in [6.45, 7) is 2.95. The van der Waals surface area contributed by atoms with Crippen molar-refractivity contribution in [3.8, 4) is 5.88 Å². The first-order valence-electron chi connectivity index (χ1n) is 7.29. The van der Waals surface area contributed by atoms with Crippen molar-refractivity contribution in [2.24, 2.45) is 0 Å². The molecular weight excluding hydrogens is 256 g/mol. The van der Waals surface area contributed by atoms with Crippen molar-refractivity contribution in [1.82, 2.24) is 9.97 Å². The van der Waals surface area contributed by atoms with E-state index in [-0.39, 0.29) is 18.2 Å². The van der Waals surface area contributed by atoms with Gasteiger partial charge in [-0.3, -0.25) is 0 Å². The van der Waals surface area contributed by atoms with Crippen molar-refractivity contribution in [1.29, 1.82) is 0 Å². The van der Waals surface area contributed by atoms with Crippen LogP contribution in [0.5, 0.6) is 5.88 Å². The first kappa shape index (κ1) is 14.8. The number of nitrogens with zero attached hydrogens (tertiary/aromatic N) is 2. The summed E-state index contributed by atoms with van der Waals surface area (Å²) in [4.78, 5) is 8.30. The van der Waals surface area contributed by atoms with Gasteiger partial charge in [-0.05, 0) is 25.7 Å². The van der Waals surface area contributed by atoms with Gasteiger partial charge in [0.2, 0.25) is 11.8 Å². The second-order valence-corrected chi connectivity index (χ2v) is 5.14. The standard InChI is InChI=1S/C14H24N4O2/c1-3-7-16-12-9-13(18-14(15)17-12)20-11-6-4-5-10(8-11)19-2/h9-11H,3-8H2,1-2H3,(H3,15,16,17,18). The van der Waals surface area contributed by atoms with Crippen LogP contribution in [0.4, 0.5) is 11.8 Å². The van der Waals surface area contributed by atoms with Gasteiger partial charge in [0.15, 0.2) is 0 Å². The smallest absolute Gasteiger partial charge is 0.225 e. The van der Waals surface area contributed by atoms with E-state index in [1.165, 1.54) is 0 Å². The van der Waals surface area contributed by atoms with Crippen molar-refractivity contribution in [2.45, 2.75) is 51.2 Å². The molecular formula is C14H24N4O2. The maximum atomic E-state index is 5.94. The average molecular weight is 280 g/mol. The van der Waals surface area contributed by atoms with Gasteiger partial charge < -0.3 is 20.5 Å². The molecule has 6 heteroatoms. The number of nitrogens with two attached hydrogens (primary N) is 1. The first-order valence-corrected chi connectivity index (χ1v) is 7.29. The number of nitrogen functional groups attached to an aromatic ring is 1. The highest BCUT2D eigenvalue weighted by Crippen LogP contribution is 2.25. The lowest BCUT2D eigenvalue weighted by atomic mass is 9.95. The second kappa shape index (κ2) is 7.28. The highest BCUT2D eigenvalue weighted by Gasteiger charge is 2.23. The number of ether oxygens (including phenoxy) is 2. The van der Waals surface area contributed by atoms with Crippen LogP contribution in [0.2, 0.25) is 0 Å². The molecule has 2 rings (SSSR count). The molecule has 0 aliphatic heterocycles. The summed E-state index contributed by atoms with van der Waals surface area (Å²) >= 11 is 0. The van der Waals surface area contributed by atoms with Gasteiger partial charge in [0.05, 0.1) is 6.10 Å².